The minimum atomic E-state index is -2.05. The number of ether oxygens (including phenoxy) is 2. The third-order valence-electron chi connectivity index (χ3n) is 4.39. The number of morpholine rings is 1. The van der Waals surface area contributed by atoms with Crippen molar-refractivity contribution in [2.75, 3.05) is 51.4 Å². The van der Waals surface area contributed by atoms with Gasteiger partial charge in [0.2, 0.25) is 0 Å². The van der Waals surface area contributed by atoms with Crippen LogP contribution in [0.25, 0.3) is 0 Å². The topological polar surface area (TPSA) is 48.0 Å². The van der Waals surface area contributed by atoms with Gasteiger partial charge in [-0.25, -0.2) is 0 Å². The first-order chi connectivity index (χ1) is 13.1. The molecule has 0 aliphatic carbocycles. The predicted molar refractivity (Wildman–Crippen MR) is 129 cm³/mol. The van der Waals surface area contributed by atoms with E-state index in [1.165, 1.54) is 0 Å². The Balaban J connectivity index is 2.47. The molecule has 0 bridgehead atoms. The highest BCUT2D eigenvalue weighted by atomic mass is 32.9. The van der Waals surface area contributed by atoms with Crippen molar-refractivity contribution in [1.82, 2.24) is 4.90 Å². The second-order valence-corrected chi connectivity index (χ2v) is 18.0. The van der Waals surface area contributed by atoms with Crippen LogP contribution in [0.15, 0.2) is 0 Å². The van der Waals surface area contributed by atoms with Gasteiger partial charge in [-0.05, 0) is 53.0 Å². The van der Waals surface area contributed by atoms with Crippen molar-refractivity contribution in [1.29, 1.82) is 0 Å². The van der Waals surface area contributed by atoms with Gasteiger partial charge in [0, 0.05) is 25.0 Å². The molecule has 0 amide bonds. The van der Waals surface area contributed by atoms with Gasteiger partial charge in [-0.2, -0.15) is 0 Å². The molecule has 0 aromatic heterocycles. The van der Waals surface area contributed by atoms with Crippen LogP contribution in [0.5, 0.6) is 0 Å². The van der Waals surface area contributed by atoms with Gasteiger partial charge in [-0.3, -0.25) is 9.69 Å². The Hall–Kier alpha value is 0.350. The van der Waals surface area contributed by atoms with Crippen LogP contribution in [0.1, 0.15) is 61.8 Å². The van der Waals surface area contributed by atoms with Gasteiger partial charge in [-0.1, -0.05) is 44.0 Å². The molecule has 1 aliphatic rings. The third-order valence-corrected chi connectivity index (χ3v) is 11.2. The molecular formula is C21H42NO4PS2. The fourth-order valence-electron chi connectivity index (χ4n) is 2.97. The normalized spacial score (nSPS) is 19.0. The summed E-state index contributed by atoms with van der Waals surface area (Å²) in [6, 6.07) is 0. The Kier molecular flexibility index (Phi) is 10.7. The van der Waals surface area contributed by atoms with Crippen LogP contribution in [0.3, 0.4) is 0 Å². The van der Waals surface area contributed by atoms with E-state index in [0.29, 0.717) is 12.4 Å². The summed E-state index contributed by atoms with van der Waals surface area (Å²) in [5.41, 5.74) is -2.71. The monoisotopic (exact) mass is 467 g/mol. The zero-order valence-electron chi connectivity index (χ0n) is 19.7. The molecule has 1 rings (SSSR count). The molecule has 1 unspecified atom stereocenters. The van der Waals surface area contributed by atoms with E-state index in [9.17, 15) is 4.79 Å². The number of rotatable bonds is 10. The Labute approximate surface area is 187 Å². The second-order valence-electron chi connectivity index (χ2n) is 10.6. The van der Waals surface area contributed by atoms with E-state index in [-0.39, 0.29) is 17.0 Å². The van der Waals surface area contributed by atoms with Crippen LogP contribution in [-0.4, -0.2) is 67.8 Å². The van der Waals surface area contributed by atoms with Crippen LogP contribution < -0.4 is 0 Å². The molecule has 1 fully saturated rings. The van der Waals surface area contributed by atoms with Crippen molar-refractivity contribution in [3.8, 4) is 0 Å². The molecule has 0 aromatic carbocycles. The summed E-state index contributed by atoms with van der Waals surface area (Å²) in [6.07, 6.45) is 1.64. The first kappa shape index (κ1) is 27.4. The second kappa shape index (κ2) is 11.3. The van der Waals surface area contributed by atoms with E-state index in [2.05, 4.69) is 25.7 Å². The summed E-state index contributed by atoms with van der Waals surface area (Å²) in [6.45, 7) is 21.4. The average Bonchev–Trinajstić information content (AvgIpc) is 2.54. The predicted octanol–water partition coefficient (Wildman–Crippen LogP) is 5.18. The quantitative estimate of drug-likeness (QED) is 0.249. The van der Waals surface area contributed by atoms with Gasteiger partial charge < -0.3 is 14.0 Å². The molecule has 0 aromatic rings. The third kappa shape index (κ3) is 12.1. The molecule has 0 spiro atoms. The molecular weight excluding hydrogens is 425 g/mol. The van der Waals surface area contributed by atoms with Crippen molar-refractivity contribution < 1.29 is 18.8 Å². The molecule has 0 N–H and O–H groups in total. The summed E-state index contributed by atoms with van der Waals surface area (Å²) in [5.74, 6) is 0.543. The van der Waals surface area contributed by atoms with Gasteiger partial charge in [0.1, 0.15) is 12.1 Å². The van der Waals surface area contributed by atoms with Crippen LogP contribution in [0.4, 0.5) is 0 Å². The van der Waals surface area contributed by atoms with Crippen molar-refractivity contribution in [2.24, 2.45) is 10.8 Å². The SMILES string of the molecule is CC(C)(C)CP(=S)(OC(C)(C)C)SCCOC(=O)C(C)(C)CCN1CCOCC1. The molecule has 29 heavy (non-hydrogen) atoms. The van der Waals surface area contributed by atoms with E-state index in [1.807, 2.05) is 34.6 Å². The Morgan fingerprint density at radius 1 is 1.10 bits per heavy atom. The van der Waals surface area contributed by atoms with Crippen molar-refractivity contribution in [3.63, 3.8) is 0 Å². The molecule has 1 atom stereocenters. The van der Waals surface area contributed by atoms with Crippen LogP contribution in [-0.2, 0) is 30.6 Å². The highest BCUT2D eigenvalue weighted by Crippen LogP contribution is 2.64. The summed E-state index contributed by atoms with van der Waals surface area (Å²) >= 11 is 7.63. The lowest BCUT2D eigenvalue weighted by Crippen LogP contribution is -2.39. The average molecular weight is 468 g/mol. The molecule has 172 valence electrons. The number of carbonyl (C=O) groups is 1. The largest absolute Gasteiger partial charge is 0.464 e. The molecule has 5 nitrogen and oxygen atoms in total. The standard InChI is InChI=1S/C21H42NO4PS2/c1-19(2,3)17-27(28,26-20(4,5)6)29-16-15-25-18(23)21(7,8)9-10-22-11-13-24-14-12-22/h9-17H2,1-8H3. The fourth-order valence-corrected chi connectivity index (χ4v) is 11.4. The molecule has 0 radical (unpaired) electrons. The van der Waals surface area contributed by atoms with Crippen LogP contribution >= 0.6 is 16.8 Å². The summed E-state index contributed by atoms with van der Waals surface area (Å²) in [4.78, 5) is 14.9. The number of esters is 1. The van der Waals surface area contributed by atoms with E-state index in [0.717, 1.165) is 45.4 Å². The fraction of sp³-hybridized carbons (Fsp3) is 0.952. The number of carbonyl (C=O) groups excluding carboxylic acids is 1. The maximum absolute atomic E-state index is 12.6. The molecule has 8 heteroatoms. The van der Waals surface area contributed by atoms with Gasteiger partial charge in [0.05, 0.1) is 24.2 Å². The highest BCUT2D eigenvalue weighted by molar-refractivity contribution is 8.69. The first-order valence-corrected chi connectivity index (χ1v) is 15.0. The number of nitrogens with zero attached hydrogens (tertiary/aromatic N) is 1. The van der Waals surface area contributed by atoms with Crippen molar-refractivity contribution in [3.05, 3.63) is 0 Å². The lowest BCUT2D eigenvalue weighted by atomic mass is 9.89. The molecule has 0 saturated carbocycles. The highest BCUT2D eigenvalue weighted by Gasteiger charge is 2.32. The van der Waals surface area contributed by atoms with E-state index >= 15 is 0 Å². The zero-order chi connectivity index (χ0) is 22.3. The molecule has 1 saturated heterocycles. The van der Waals surface area contributed by atoms with Gasteiger partial charge >= 0.3 is 5.97 Å². The van der Waals surface area contributed by atoms with E-state index in [4.69, 9.17) is 25.8 Å². The number of hydrogen-bond donors (Lipinski definition) is 0. The van der Waals surface area contributed by atoms with Crippen LogP contribution in [0.2, 0.25) is 0 Å². The van der Waals surface area contributed by atoms with E-state index in [1.54, 1.807) is 11.4 Å². The first-order valence-electron chi connectivity index (χ1n) is 10.5. The zero-order valence-corrected chi connectivity index (χ0v) is 22.2. The summed E-state index contributed by atoms with van der Waals surface area (Å²) in [7, 11) is 0. The minimum absolute atomic E-state index is 0.103. The molecule has 1 heterocycles. The van der Waals surface area contributed by atoms with Gasteiger partial charge in [0.25, 0.3) is 0 Å². The number of hydrogen-bond acceptors (Lipinski definition) is 7. The maximum Gasteiger partial charge on any atom is 0.311 e. The Morgan fingerprint density at radius 2 is 1.69 bits per heavy atom. The van der Waals surface area contributed by atoms with Crippen molar-refractivity contribution >= 4 is 34.6 Å². The molecule has 1 aliphatic heterocycles. The van der Waals surface area contributed by atoms with Crippen molar-refractivity contribution in [2.45, 2.75) is 67.4 Å². The Bertz CT molecular complexity index is 544. The summed E-state index contributed by atoms with van der Waals surface area (Å²) < 4.78 is 17.3. The van der Waals surface area contributed by atoms with Gasteiger partial charge in [-0.15, -0.1) is 0 Å². The van der Waals surface area contributed by atoms with E-state index < -0.39 is 10.9 Å². The lowest BCUT2D eigenvalue weighted by molar-refractivity contribution is -0.153. The van der Waals surface area contributed by atoms with Crippen LogP contribution in [0, 0.1) is 10.8 Å². The minimum Gasteiger partial charge on any atom is -0.464 e. The lowest BCUT2D eigenvalue weighted by Gasteiger charge is -2.34. The summed E-state index contributed by atoms with van der Waals surface area (Å²) in [5, 5.41) is 0. The van der Waals surface area contributed by atoms with Gasteiger partial charge in [0.15, 0.2) is 0 Å². The Morgan fingerprint density at radius 3 is 2.21 bits per heavy atom. The maximum atomic E-state index is 12.6. The smallest absolute Gasteiger partial charge is 0.311 e.